The Balaban J connectivity index is 2.35. The first-order valence-corrected chi connectivity index (χ1v) is 8.07. The van der Waals surface area contributed by atoms with E-state index in [1.165, 1.54) is 18.3 Å². The van der Waals surface area contributed by atoms with Crippen molar-refractivity contribution in [1.82, 2.24) is 9.71 Å². The predicted octanol–water partition coefficient (Wildman–Crippen LogP) is 2.57. The van der Waals surface area contributed by atoms with Crippen LogP contribution in [0, 0.1) is 13.8 Å². The Morgan fingerprint density at radius 2 is 2.05 bits per heavy atom. The van der Waals surface area contributed by atoms with Gasteiger partial charge in [-0.25, -0.2) is 13.4 Å². The number of nitrogens with two attached hydrogens (primary N) is 1. The number of nitrogens with one attached hydrogen (secondary N) is 1. The zero-order chi connectivity index (χ0) is 15.8. The van der Waals surface area contributed by atoms with Crippen LogP contribution in [0.15, 0.2) is 27.6 Å². The third-order valence-electron chi connectivity index (χ3n) is 3.00. The molecule has 0 saturated carbocycles. The third kappa shape index (κ3) is 3.37. The fourth-order valence-corrected chi connectivity index (χ4v) is 3.66. The number of aromatic nitrogens is 1. The standard InChI is InChI=1S/C13H16ClN3O3S/c1-7-6-16-13(20-7)9(3)17-21(18,19)12-5-10(14)4-11(15)8(12)2/h4-6,9,17H,15H2,1-3H3. The van der Waals surface area contributed by atoms with E-state index in [-0.39, 0.29) is 9.92 Å². The molecule has 3 N–H and O–H groups in total. The lowest BCUT2D eigenvalue weighted by Gasteiger charge is -2.14. The first-order chi connectivity index (χ1) is 9.70. The highest BCUT2D eigenvalue weighted by Gasteiger charge is 2.24. The van der Waals surface area contributed by atoms with Gasteiger partial charge in [-0.1, -0.05) is 11.6 Å². The highest BCUT2D eigenvalue weighted by atomic mass is 35.5. The van der Waals surface area contributed by atoms with Crippen LogP contribution >= 0.6 is 11.6 Å². The highest BCUT2D eigenvalue weighted by molar-refractivity contribution is 7.89. The van der Waals surface area contributed by atoms with E-state index in [0.29, 0.717) is 22.9 Å². The Labute approximate surface area is 128 Å². The molecule has 0 saturated heterocycles. The molecular weight excluding hydrogens is 314 g/mol. The molecule has 2 rings (SSSR count). The summed E-state index contributed by atoms with van der Waals surface area (Å²) in [4.78, 5) is 4.05. The van der Waals surface area contributed by atoms with Crippen LogP contribution in [0.1, 0.15) is 30.2 Å². The predicted molar refractivity (Wildman–Crippen MR) is 80.6 cm³/mol. The zero-order valence-corrected chi connectivity index (χ0v) is 13.4. The zero-order valence-electron chi connectivity index (χ0n) is 11.8. The lowest BCUT2D eigenvalue weighted by Crippen LogP contribution is -2.28. The van der Waals surface area contributed by atoms with Crippen molar-refractivity contribution in [1.29, 1.82) is 0 Å². The number of aryl methyl sites for hydroxylation is 1. The first-order valence-electron chi connectivity index (χ1n) is 6.21. The summed E-state index contributed by atoms with van der Waals surface area (Å²) in [7, 11) is -3.79. The Morgan fingerprint density at radius 3 is 2.62 bits per heavy atom. The van der Waals surface area contributed by atoms with Gasteiger partial charge in [0.2, 0.25) is 15.9 Å². The van der Waals surface area contributed by atoms with E-state index in [2.05, 4.69) is 9.71 Å². The van der Waals surface area contributed by atoms with Gasteiger partial charge in [-0.15, -0.1) is 0 Å². The van der Waals surface area contributed by atoms with Crippen LogP contribution in [0.5, 0.6) is 0 Å². The average Bonchev–Trinajstić information content (AvgIpc) is 2.80. The van der Waals surface area contributed by atoms with Crippen molar-refractivity contribution in [3.05, 3.63) is 40.6 Å². The van der Waals surface area contributed by atoms with Crippen LogP contribution in [-0.4, -0.2) is 13.4 Å². The van der Waals surface area contributed by atoms with E-state index in [1.54, 1.807) is 20.8 Å². The number of halogens is 1. The summed E-state index contributed by atoms with van der Waals surface area (Å²) in [5, 5.41) is 0.262. The molecule has 0 bridgehead atoms. The molecule has 1 aromatic carbocycles. The molecule has 0 aliphatic rings. The molecule has 1 aromatic heterocycles. The van der Waals surface area contributed by atoms with Crippen molar-refractivity contribution in [2.75, 3.05) is 5.73 Å². The van der Waals surface area contributed by atoms with Gasteiger partial charge < -0.3 is 10.2 Å². The fourth-order valence-electron chi connectivity index (χ4n) is 1.87. The number of nitrogen functional groups attached to an aromatic ring is 1. The van der Waals surface area contributed by atoms with E-state index in [9.17, 15) is 8.42 Å². The molecular formula is C13H16ClN3O3S. The topological polar surface area (TPSA) is 98.2 Å². The summed E-state index contributed by atoms with van der Waals surface area (Å²) in [5.74, 6) is 0.906. The normalized spacial score (nSPS) is 13.3. The van der Waals surface area contributed by atoms with E-state index in [0.717, 1.165) is 0 Å². The average molecular weight is 330 g/mol. The number of hydrogen-bond acceptors (Lipinski definition) is 5. The van der Waals surface area contributed by atoms with Gasteiger partial charge in [0.25, 0.3) is 0 Å². The Bertz CT molecular complexity index is 771. The molecule has 2 aromatic rings. The molecule has 8 heteroatoms. The molecule has 1 heterocycles. The van der Waals surface area contributed by atoms with Crippen molar-refractivity contribution in [2.24, 2.45) is 0 Å². The summed E-state index contributed by atoms with van der Waals surface area (Å²) >= 11 is 5.88. The first kappa shape index (κ1) is 15.8. The summed E-state index contributed by atoms with van der Waals surface area (Å²) in [5.41, 5.74) is 6.52. The van der Waals surface area contributed by atoms with Gasteiger partial charge in [0.15, 0.2) is 0 Å². The van der Waals surface area contributed by atoms with Gasteiger partial charge in [-0.3, -0.25) is 0 Å². The van der Waals surface area contributed by atoms with E-state index in [1.807, 2.05) is 0 Å². The number of hydrogen-bond donors (Lipinski definition) is 2. The highest BCUT2D eigenvalue weighted by Crippen LogP contribution is 2.27. The van der Waals surface area contributed by atoms with Crippen LogP contribution in [-0.2, 0) is 10.0 Å². The monoisotopic (exact) mass is 329 g/mol. The molecule has 6 nitrogen and oxygen atoms in total. The summed E-state index contributed by atoms with van der Waals surface area (Å²) in [6.45, 7) is 5.01. The maximum absolute atomic E-state index is 12.5. The minimum absolute atomic E-state index is 0.0441. The van der Waals surface area contributed by atoms with Crippen molar-refractivity contribution in [3.63, 3.8) is 0 Å². The van der Waals surface area contributed by atoms with E-state index in [4.69, 9.17) is 21.8 Å². The maximum Gasteiger partial charge on any atom is 0.241 e. The van der Waals surface area contributed by atoms with Gasteiger partial charge in [0.1, 0.15) is 5.76 Å². The second-order valence-corrected chi connectivity index (χ2v) is 6.89. The Hall–Kier alpha value is -1.57. The summed E-state index contributed by atoms with van der Waals surface area (Å²) < 4.78 is 32.7. The Morgan fingerprint density at radius 1 is 1.38 bits per heavy atom. The molecule has 0 fully saturated rings. The molecule has 1 atom stereocenters. The lowest BCUT2D eigenvalue weighted by molar-refractivity contribution is 0.427. The number of benzene rings is 1. The molecule has 0 amide bonds. The minimum Gasteiger partial charge on any atom is -0.444 e. The van der Waals surface area contributed by atoms with Gasteiger partial charge in [-0.05, 0) is 38.5 Å². The molecule has 21 heavy (non-hydrogen) atoms. The van der Waals surface area contributed by atoms with Crippen molar-refractivity contribution >= 4 is 27.3 Å². The number of anilines is 1. The lowest BCUT2D eigenvalue weighted by atomic mass is 10.2. The SMILES string of the molecule is Cc1cnc(C(C)NS(=O)(=O)c2cc(Cl)cc(N)c2C)o1. The summed E-state index contributed by atoms with van der Waals surface area (Å²) in [6.07, 6.45) is 1.53. The van der Waals surface area contributed by atoms with Crippen LogP contribution in [0.2, 0.25) is 5.02 Å². The number of sulfonamides is 1. The fraction of sp³-hybridized carbons (Fsp3) is 0.308. The molecule has 0 aliphatic carbocycles. The van der Waals surface area contributed by atoms with E-state index >= 15 is 0 Å². The molecule has 1 unspecified atom stereocenters. The largest absolute Gasteiger partial charge is 0.444 e. The number of rotatable bonds is 4. The molecule has 0 aliphatic heterocycles. The van der Waals surface area contributed by atoms with Gasteiger partial charge >= 0.3 is 0 Å². The van der Waals surface area contributed by atoms with Crippen LogP contribution < -0.4 is 10.5 Å². The Kier molecular flexibility index (Phi) is 4.27. The number of nitrogens with zero attached hydrogens (tertiary/aromatic N) is 1. The van der Waals surface area contributed by atoms with Crippen molar-refractivity contribution in [2.45, 2.75) is 31.7 Å². The maximum atomic E-state index is 12.5. The molecule has 0 spiro atoms. The van der Waals surface area contributed by atoms with Crippen molar-refractivity contribution in [3.8, 4) is 0 Å². The van der Waals surface area contributed by atoms with Gasteiger partial charge in [-0.2, -0.15) is 4.72 Å². The third-order valence-corrected chi connectivity index (χ3v) is 4.88. The molecule has 114 valence electrons. The van der Waals surface area contributed by atoms with Crippen molar-refractivity contribution < 1.29 is 12.8 Å². The van der Waals surface area contributed by atoms with Gasteiger partial charge in [0.05, 0.1) is 17.1 Å². The van der Waals surface area contributed by atoms with E-state index < -0.39 is 16.1 Å². The van der Waals surface area contributed by atoms with Crippen LogP contribution in [0.4, 0.5) is 5.69 Å². The second kappa shape index (κ2) is 5.67. The minimum atomic E-state index is -3.79. The van der Waals surface area contributed by atoms with Crippen LogP contribution in [0.25, 0.3) is 0 Å². The smallest absolute Gasteiger partial charge is 0.241 e. The van der Waals surface area contributed by atoms with Crippen LogP contribution in [0.3, 0.4) is 0 Å². The second-order valence-electron chi connectivity index (χ2n) is 4.77. The summed E-state index contributed by atoms with van der Waals surface area (Å²) in [6, 6.07) is 2.27. The number of oxazole rings is 1. The van der Waals surface area contributed by atoms with Gasteiger partial charge in [0, 0.05) is 10.7 Å². The molecule has 0 radical (unpaired) electrons. The quantitative estimate of drug-likeness (QED) is 0.840.